The van der Waals surface area contributed by atoms with E-state index >= 15 is 0 Å². The number of rotatable bonds is 6. The molecule has 2 aliphatic carbocycles. The minimum Gasteiger partial charge on any atom is -0.292 e. The molecule has 3 fully saturated rings. The van der Waals surface area contributed by atoms with Crippen molar-refractivity contribution in [3.63, 3.8) is 0 Å². The van der Waals surface area contributed by atoms with Crippen LogP contribution in [0.5, 0.6) is 0 Å². The normalized spacial score (nSPS) is 28.4. The van der Waals surface area contributed by atoms with Crippen molar-refractivity contribution in [2.75, 3.05) is 6.54 Å². The number of amides is 3. The van der Waals surface area contributed by atoms with Crippen molar-refractivity contribution < 1.29 is 24.1 Å². The SMILES string of the molecule is Cc1ccc(C(=O)CN(C(=O)c2cccc([N+](=O)[O-])c2)N2C(=O)[C@@H]3[C@H]4C[C@@H]([C@@H](Br)[C@H]4Br)[C@H]3C2=O)cc1. The van der Waals surface area contributed by atoms with Gasteiger partial charge < -0.3 is 0 Å². The molecule has 11 heteroatoms. The second-order valence-corrected chi connectivity index (χ2v) is 11.6. The van der Waals surface area contributed by atoms with Gasteiger partial charge in [-0.2, -0.15) is 5.01 Å². The summed E-state index contributed by atoms with van der Waals surface area (Å²) in [5.74, 6) is -3.66. The van der Waals surface area contributed by atoms with Gasteiger partial charge in [-0.05, 0) is 31.2 Å². The van der Waals surface area contributed by atoms with Gasteiger partial charge in [0.05, 0.1) is 16.8 Å². The van der Waals surface area contributed by atoms with Crippen LogP contribution in [0.15, 0.2) is 48.5 Å². The smallest absolute Gasteiger partial charge is 0.273 e. The van der Waals surface area contributed by atoms with Crippen molar-refractivity contribution in [2.24, 2.45) is 23.7 Å². The van der Waals surface area contributed by atoms with E-state index in [1.165, 1.54) is 18.2 Å². The Balaban J connectivity index is 1.52. The summed E-state index contributed by atoms with van der Waals surface area (Å²) in [6.07, 6.45) is 0.716. The molecule has 9 nitrogen and oxygen atoms in total. The van der Waals surface area contributed by atoms with Crippen LogP contribution in [0.3, 0.4) is 0 Å². The number of nitro benzene ring substituents is 1. The summed E-state index contributed by atoms with van der Waals surface area (Å²) in [5.41, 5.74) is 0.845. The zero-order valence-corrected chi connectivity index (χ0v) is 22.2. The lowest BCUT2D eigenvalue weighted by Gasteiger charge is -2.30. The first-order valence-corrected chi connectivity index (χ1v) is 13.3. The Hall–Kier alpha value is -2.92. The number of ketones is 1. The molecule has 2 aromatic rings. The Bertz CT molecular complexity index is 1270. The molecule has 1 aliphatic heterocycles. The maximum absolute atomic E-state index is 13.6. The Kier molecular flexibility index (Phi) is 6.32. The second kappa shape index (κ2) is 9.19. The number of alkyl halides is 2. The number of hydrogen-bond donors (Lipinski definition) is 0. The molecule has 36 heavy (non-hydrogen) atoms. The fourth-order valence-electron chi connectivity index (χ4n) is 5.67. The zero-order valence-electron chi connectivity index (χ0n) is 19.0. The third-order valence-electron chi connectivity index (χ3n) is 7.41. The Morgan fingerprint density at radius 1 is 1.00 bits per heavy atom. The fourth-order valence-corrected chi connectivity index (χ4v) is 7.55. The molecule has 0 N–H and O–H groups in total. The van der Waals surface area contributed by atoms with Crippen LogP contribution in [0.4, 0.5) is 5.69 Å². The van der Waals surface area contributed by atoms with Gasteiger partial charge in [-0.25, -0.2) is 5.01 Å². The molecular formula is C25H21Br2N3O6. The predicted octanol–water partition coefficient (Wildman–Crippen LogP) is 3.92. The van der Waals surface area contributed by atoms with Crippen LogP contribution in [0.25, 0.3) is 0 Å². The lowest BCUT2D eigenvalue weighted by molar-refractivity contribution is -0.384. The number of carbonyl (C=O) groups is 4. The quantitative estimate of drug-likeness (QED) is 0.159. The first-order chi connectivity index (χ1) is 17.1. The number of hydrogen-bond acceptors (Lipinski definition) is 6. The van der Waals surface area contributed by atoms with E-state index < -0.39 is 46.8 Å². The first kappa shape index (κ1) is 24.8. The van der Waals surface area contributed by atoms with Crippen molar-refractivity contribution in [1.82, 2.24) is 10.0 Å². The van der Waals surface area contributed by atoms with Gasteiger partial charge in [0, 0.05) is 32.9 Å². The lowest BCUT2D eigenvalue weighted by Crippen LogP contribution is -2.52. The van der Waals surface area contributed by atoms with Crippen molar-refractivity contribution >= 4 is 61.1 Å². The number of hydrazine groups is 1. The molecule has 3 aliphatic rings. The van der Waals surface area contributed by atoms with Crippen LogP contribution in [-0.4, -0.2) is 54.6 Å². The number of imide groups is 1. The van der Waals surface area contributed by atoms with Crippen LogP contribution < -0.4 is 0 Å². The average molecular weight is 619 g/mol. The summed E-state index contributed by atoms with van der Waals surface area (Å²) >= 11 is 7.28. The van der Waals surface area contributed by atoms with E-state index in [2.05, 4.69) is 31.9 Å². The highest BCUT2D eigenvalue weighted by atomic mass is 79.9. The second-order valence-electron chi connectivity index (χ2n) is 9.45. The minimum absolute atomic E-state index is 0.00978. The van der Waals surface area contributed by atoms with E-state index in [0.717, 1.165) is 21.6 Å². The largest absolute Gasteiger partial charge is 0.292 e. The number of non-ortho nitro benzene ring substituents is 1. The van der Waals surface area contributed by atoms with E-state index in [1.807, 2.05) is 6.92 Å². The fraction of sp³-hybridized carbons (Fsp3) is 0.360. The van der Waals surface area contributed by atoms with Crippen molar-refractivity contribution in [3.8, 4) is 0 Å². The van der Waals surface area contributed by atoms with E-state index in [1.54, 1.807) is 24.3 Å². The molecule has 3 amide bonds. The molecule has 0 aromatic heterocycles. The van der Waals surface area contributed by atoms with Crippen molar-refractivity contribution in [3.05, 3.63) is 75.3 Å². The van der Waals surface area contributed by atoms with Crippen molar-refractivity contribution in [2.45, 2.75) is 23.0 Å². The number of Topliss-reactive ketones (excluding diaryl/α,β-unsaturated/α-hetero) is 1. The van der Waals surface area contributed by atoms with E-state index in [-0.39, 0.29) is 32.7 Å². The van der Waals surface area contributed by atoms with Gasteiger partial charge in [0.15, 0.2) is 5.78 Å². The number of fused-ring (bicyclic) bond motifs is 5. The van der Waals surface area contributed by atoms with Gasteiger partial charge in [0.2, 0.25) is 0 Å². The summed E-state index contributed by atoms with van der Waals surface area (Å²) in [6, 6.07) is 11.7. The highest BCUT2D eigenvalue weighted by Gasteiger charge is 2.67. The zero-order chi connectivity index (χ0) is 25.9. The number of nitrogens with zero attached hydrogens (tertiary/aromatic N) is 3. The van der Waals surface area contributed by atoms with E-state index in [0.29, 0.717) is 12.0 Å². The lowest BCUT2D eigenvalue weighted by atomic mass is 9.81. The highest BCUT2D eigenvalue weighted by molar-refractivity contribution is 9.12. The summed E-state index contributed by atoms with van der Waals surface area (Å²) in [5, 5.41) is 12.9. The third-order valence-corrected chi connectivity index (χ3v) is 10.6. The summed E-state index contributed by atoms with van der Waals surface area (Å²) in [6.45, 7) is 1.31. The monoisotopic (exact) mass is 617 g/mol. The Morgan fingerprint density at radius 3 is 2.14 bits per heavy atom. The van der Waals surface area contributed by atoms with Crippen LogP contribution in [0.1, 0.15) is 32.7 Å². The van der Waals surface area contributed by atoms with Gasteiger partial charge in [-0.1, -0.05) is 67.8 Å². The van der Waals surface area contributed by atoms with Gasteiger partial charge in [0.25, 0.3) is 23.4 Å². The molecule has 2 aromatic carbocycles. The molecule has 0 spiro atoms. The molecule has 6 atom stereocenters. The molecule has 5 rings (SSSR count). The standard InChI is InChI=1S/C25H21Br2N3O6/c1-12-5-7-13(8-6-12)18(31)11-28(23(32)14-3-2-4-15(9-14)30(35)36)29-24(33)19-16-10-17(20(19)25(29)34)22(27)21(16)26/h2-9,16-17,19-22H,10-11H2,1H3/t16-,17-,19-,20-,21-,22+/m1/s1. The van der Waals surface area contributed by atoms with Crippen LogP contribution in [-0.2, 0) is 9.59 Å². The molecule has 186 valence electrons. The van der Waals surface area contributed by atoms with Gasteiger partial charge in [0.1, 0.15) is 6.54 Å². The van der Waals surface area contributed by atoms with Crippen molar-refractivity contribution in [1.29, 1.82) is 0 Å². The topological polar surface area (TPSA) is 118 Å². The predicted molar refractivity (Wildman–Crippen MR) is 136 cm³/mol. The summed E-state index contributed by atoms with van der Waals surface area (Å²) in [4.78, 5) is 64.7. The third kappa shape index (κ3) is 3.88. The number of halogens is 2. The Labute approximate surface area is 223 Å². The highest BCUT2D eigenvalue weighted by Crippen LogP contribution is 2.60. The number of aryl methyl sites for hydroxylation is 1. The summed E-state index contributed by atoms with van der Waals surface area (Å²) in [7, 11) is 0. The van der Waals surface area contributed by atoms with Crippen LogP contribution in [0, 0.1) is 40.7 Å². The van der Waals surface area contributed by atoms with Gasteiger partial charge >= 0.3 is 0 Å². The molecule has 0 radical (unpaired) electrons. The first-order valence-electron chi connectivity index (χ1n) is 11.4. The minimum atomic E-state index is -0.834. The van der Waals surface area contributed by atoms with Gasteiger partial charge in [-0.3, -0.25) is 29.3 Å². The van der Waals surface area contributed by atoms with E-state index in [9.17, 15) is 29.3 Å². The average Bonchev–Trinajstić information content (AvgIpc) is 3.47. The molecule has 1 heterocycles. The Morgan fingerprint density at radius 2 is 1.58 bits per heavy atom. The van der Waals surface area contributed by atoms with Gasteiger partial charge in [-0.15, -0.1) is 0 Å². The maximum atomic E-state index is 13.6. The number of nitro groups is 1. The molecular weight excluding hydrogens is 598 g/mol. The number of benzene rings is 2. The molecule has 0 unspecified atom stereocenters. The number of carbonyl (C=O) groups excluding carboxylic acids is 4. The maximum Gasteiger partial charge on any atom is 0.273 e. The molecule has 2 bridgehead atoms. The van der Waals surface area contributed by atoms with Crippen LogP contribution in [0.2, 0.25) is 0 Å². The molecule has 2 saturated carbocycles. The van der Waals surface area contributed by atoms with Crippen LogP contribution >= 0.6 is 31.9 Å². The molecule has 1 saturated heterocycles. The summed E-state index contributed by atoms with van der Waals surface area (Å²) < 4.78 is 0. The van der Waals surface area contributed by atoms with E-state index in [4.69, 9.17) is 0 Å².